The highest BCUT2D eigenvalue weighted by molar-refractivity contribution is 5.80. The van der Waals surface area contributed by atoms with Crippen LogP contribution in [0.25, 0.3) is 0 Å². The van der Waals surface area contributed by atoms with E-state index >= 15 is 0 Å². The van der Waals surface area contributed by atoms with Crippen LogP contribution in [0.3, 0.4) is 0 Å². The van der Waals surface area contributed by atoms with Crippen LogP contribution >= 0.6 is 0 Å². The van der Waals surface area contributed by atoms with Gasteiger partial charge in [0.1, 0.15) is 0 Å². The van der Waals surface area contributed by atoms with Crippen molar-refractivity contribution in [1.29, 1.82) is 0 Å². The molecule has 13 heavy (non-hydrogen) atoms. The summed E-state index contributed by atoms with van der Waals surface area (Å²) in [5.41, 5.74) is 5.72. The fraction of sp³-hybridized carbons (Fsp3) is 0.900. The number of nitrogens with two attached hydrogens (primary N) is 1. The van der Waals surface area contributed by atoms with Gasteiger partial charge >= 0.3 is 0 Å². The summed E-state index contributed by atoms with van der Waals surface area (Å²) in [6.07, 6.45) is 4.90. The van der Waals surface area contributed by atoms with Gasteiger partial charge in [-0.05, 0) is 19.3 Å². The molecule has 3 nitrogen and oxygen atoms in total. The van der Waals surface area contributed by atoms with Gasteiger partial charge in [-0.25, -0.2) is 0 Å². The number of amidine groups is 1. The van der Waals surface area contributed by atoms with Crippen LogP contribution in [0.1, 0.15) is 32.6 Å². The van der Waals surface area contributed by atoms with Crippen molar-refractivity contribution >= 4 is 5.84 Å². The molecule has 1 atom stereocenters. The zero-order valence-electron chi connectivity index (χ0n) is 8.37. The maximum atomic E-state index is 5.72. The fourth-order valence-electron chi connectivity index (χ4n) is 1.97. The first-order chi connectivity index (χ1) is 6.29. The van der Waals surface area contributed by atoms with Crippen LogP contribution in [0.2, 0.25) is 0 Å². The zero-order valence-corrected chi connectivity index (χ0v) is 8.37. The van der Waals surface area contributed by atoms with Gasteiger partial charge in [-0.15, -0.1) is 0 Å². The van der Waals surface area contributed by atoms with E-state index < -0.39 is 0 Å². The van der Waals surface area contributed by atoms with Gasteiger partial charge in [-0.3, -0.25) is 9.89 Å². The Kier molecular flexibility index (Phi) is 2.54. The Balaban J connectivity index is 1.83. The van der Waals surface area contributed by atoms with Crippen LogP contribution in [-0.4, -0.2) is 35.9 Å². The Bertz CT molecular complexity index is 208. The number of likely N-dealkylation sites (tertiary alicyclic amines) is 1. The van der Waals surface area contributed by atoms with Gasteiger partial charge in [0.15, 0.2) is 0 Å². The molecule has 3 heteroatoms. The molecule has 74 valence electrons. The molecule has 0 aromatic rings. The summed E-state index contributed by atoms with van der Waals surface area (Å²) < 4.78 is 0. The largest absolute Gasteiger partial charge is 0.387 e. The second-order valence-corrected chi connectivity index (χ2v) is 4.14. The van der Waals surface area contributed by atoms with E-state index in [1.54, 1.807) is 0 Å². The van der Waals surface area contributed by atoms with Crippen molar-refractivity contribution in [3.8, 4) is 0 Å². The quantitative estimate of drug-likeness (QED) is 0.521. The summed E-state index contributed by atoms with van der Waals surface area (Å²) in [5, 5.41) is 0. The number of hydrogen-bond acceptors (Lipinski definition) is 2. The van der Waals surface area contributed by atoms with Crippen molar-refractivity contribution in [1.82, 2.24) is 4.90 Å². The summed E-state index contributed by atoms with van der Waals surface area (Å²) in [6, 6.07) is 1.38. The van der Waals surface area contributed by atoms with E-state index in [9.17, 15) is 0 Å². The Labute approximate surface area is 80.0 Å². The van der Waals surface area contributed by atoms with Gasteiger partial charge in [0.25, 0.3) is 0 Å². The molecule has 2 fully saturated rings. The third-order valence-corrected chi connectivity index (χ3v) is 2.97. The maximum absolute atomic E-state index is 5.72. The lowest BCUT2D eigenvalue weighted by molar-refractivity contribution is 0.324. The van der Waals surface area contributed by atoms with Crippen molar-refractivity contribution in [2.45, 2.75) is 44.7 Å². The Morgan fingerprint density at radius 1 is 1.46 bits per heavy atom. The predicted octanol–water partition coefficient (Wildman–Crippen LogP) is 0.990. The molecule has 1 aliphatic heterocycles. The molecule has 1 aliphatic carbocycles. The van der Waals surface area contributed by atoms with E-state index in [0.717, 1.165) is 24.8 Å². The summed E-state index contributed by atoms with van der Waals surface area (Å²) in [5.74, 6) is 0.822. The van der Waals surface area contributed by atoms with Crippen LogP contribution in [-0.2, 0) is 0 Å². The Hall–Kier alpha value is -0.570. The Morgan fingerprint density at radius 3 is 2.85 bits per heavy atom. The summed E-state index contributed by atoms with van der Waals surface area (Å²) in [7, 11) is 0. The van der Waals surface area contributed by atoms with Crippen LogP contribution in [0.5, 0.6) is 0 Å². The van der Waals surface area contributed by atoms with Crippen molar-refractivity contribution in [3.63, 3.8) is 0 Å². The van der Waals surface area contributed by atoms with Gasteiger partial charge in [0.2, 0.25) is 0 Å². The van der Waals surface area contributed by atoms with Gasteiger partial charge < -0.3 is 5.73 Å². The molecule has 2 N–H and O–H groups in total. The molecular formula is C10H19N3. The molecule has 0 spiro atoms. The molecule has 2 rings (SSSR count). The van der Waals surface area contributed by atoms with E-state index in [1.807, 2.05) is 0 Å². The molecule has 0 amide bonds. The average Bonchev–Trinajstić information content (AvgIpc) is 2.88. The highest BCUT2D eigenvalue weighted by Crippen LogP contribution is 2.30. The monoisotopic (exact) mass is 181 g/mol. The molecule has 1 saturated heterocycles. The van der Waals surface area contributed by atoms with E-state index in [4.69, 9.17) is 5.73 Å². The van der Waals surface area contributed by atoms with Crippen molar-refractivity contribution in [2.75, 3.05) is 13.1 Å². The highest BCUT2D eigenvalue weighted by Gasteiger charge is 2.34. The first-order valence-electron chi connectivity index (χ1n) is 5.35. The molecule has 1 unspecified atom stereocenters. The van der Waals surface area contributed by atoms with E-state index in [-0.39, 0.29) is 0 Å². The van der Waals surface area contributed by atoms with Crippen molar-refractivity contribution in [2.24, 2.45) is 10.7 Å². The summed E-state index contributed by atoms with van der Waals surface area (Å²) in [4.78, 5) is 7.07. The second-order valence-electron chi connectivity index (χ2n) is 4.14. The number of rotatable bonds is 3. The van der Waals surface area contributed by atoms with Crippen LogP contribution in [0.4, 0.5) is 0 Å². The van der Waals surface area contributed by atoms with Crippen molar-refractivity contribution < 1.29 is 0 Å². The molecule has 1 saturated carbocycles. The molecule has 0 aromatic carbocycles. The lowest BCUT2D eigenvalue weighted by Crippen LogP contribution is -2.24. The normalized spacial score (nSPS) is 31.2. The maximum Gasteiger partial charge on any atom is 0.0938 e. The highest BCUT2D eigenvalue weighted by atomic mass is 15.2. The molecule has 2 aliphatic rings. The molecule has 0 radical (unpaired) electrons. The zero-order chi connectivity index (χ0) is 9.26. The van der Waals surface area contributed by atoms with Gasteiger partial charge in [-0.1, -0.05) is 6.92 Å². The lowest BCUT2D eigenvalue weighted by Gasteiger charge is -2.12. The average molecular weight is 181 g/mol. The van der Waals surface area contributed by atoms with E-state index in [0.29, 0.717) is 6.04 Å². The van der Waals surface area contributed by atoms with Gasteiger partial charge in [0, 0.05) is 25.6 Å². The van der Waals surface area contributed by atoms with Crippen LogP contribution in [0, 0.1) is 0 Å². The molecule has 0 aromatic heterocycles. The first kappa shape index (κ1) is 9.00. The topological polar surface area (TPSA) is 41.6 Å². The third-order valence-electron chi connectivity index (χ3n) is 2.97. The van der Waals surface area contributed by atoms with Crippen LogP contribution < -0.4 is 5.73 Å². The Morgan fingerprint density at radius 2 is 2.23 bits per heavy atom. The number of aliphatic imine (C=N–C) groups is 1. The summed E-state index contributed by atoms with van der Waals surface area (Å²) >= 11 is 0. The van der Waals surface area contributed by atoms with E-state index in [2.05, 4.69) is 16.8 Å². The minimum atomic E-state index is 0.487. The minimum Gasteiger partial charge on any atom is -0.387 e. The lowest BCUT2D eigenvalue weighted by atomic mass is 10.3. The van der Waals surface area contributed by atoms with Crippen molar-refractivity contribution in [3.05, 3.63) is 0 Å². The first-order valence-corrected chi connectivity index (χ1v) is 5.35. The minimum absolute atomic E-state index is 0.487. The summed E-state index contributed by atoms with van der Waals surface area (Å²) in [6.45, 7) is 4.44. The fourth-order valence-corrected chi connectivity index (χ4v) is 1.97. The number of hydrogen-bond donors (Lipinski definition) is 1. The van der Waals surface area contributed by atoms with Crippen LogP contribution in [0.15, 0.2) is 4.99 Å². The SMILES string of the molecule is CCC(N)=NC1CCN(C2CC2)C1. The molecule has 1 heterocycles. The van der Waals surface area contributed by atoms with Gasteiger partial charge in [0.05, 0.1) is 11.9 Å². The second kappa shape index (κ2) is 3.66. The third kappa shape index (κ3) is 2.21. The standard InChI is InChI=1S/C10H19N3/c1-2-10(11)12-8-5-6-13(7-8)9-3-4-9/h8-9H,2-7H2,1H3,(H2,11,12). The van der Waals surface area contributed by atoms with Gasteiger partial charge in [-0.2, -0.15) is 0 Å². The smallest absolute Gasteiger partial charge is 0.0938 e. The molecule has 0 bridgehead atoms. The number of nitrogens with zero attached hydrogens (tertiary/aromatic N) is 2. The van der Waals surface area contributed by atoms with E-state index in [1.165, 1.54) is 25.8 Å². The molecular weight excluding hydrogens is 162 g/mol. The predicted molar refractivity (Wildman–Crippen MR) is 54.9 cm³/mol.